The van der Waals surface area contributed by atoms with Crippen molar-refractivity contribution in [2.75, 3.05) is 0 Å². The third-order valence-corrected chi connectivity index (χ3v) is 2.09. The van der Waals surface area contributed by atoms with E-state index in [9.17, 15) is 0 Å². The largest absolute Gasteiger partial charge is 0.269 e. The first-order valence-electron chi connectivity index (χ1n) is 3.22. The number of halogens is 1. The van der Waals surface area contributed by atoms with Crippen LogP contribution < -0.4 is 0 Å². The number of aromatic amines is 1. The summed E-state index contributed by atoms with van der Waals surface area (Å²) in [5.41, 5.74) is 0.933. The first kappa shape index (κ1) is 7.25. The monoisotopic (exact) mass is 222 g/mol. The number of hydrogen-bond donors (Lipinski definition) is 1. The molecule has 0 aliphatic heterocycles. The number of pyridine rings is 1. The fourth-order valence-electron chi connectivity index (χ4n) is 0.929. The van der Waals surface area contributed by atoms with E-state index in [0.29, 0.717) is 11.3 Å². The minimum absolute atomic E-state index is 0.376. The molecule has 0 bridgehead atoms. The van der Waals surface area contributed by atoms with Crippen molar-refractivity contribution in [2.24, 2.45) is 0 Å². The van der Waals surface area contributed by atoms with Gasteiger partial charge in [-0.05, 0) is 28.1 Å². The molecule has 0 atom stereocenters. The number of hydrogen-bond acceptors (Lipinski definition) is 3. The molecule has 4 nitrogen and oxygen atoms in total. The molecule has 58 valence electrons. The SMILES string of the molecule is N#Cc1ccc2c(Br)[nH]nc2n1. The lowest BCUT2D eigenvalue weighted by atomic mass is 10.3. The molecule has 2 heterocycles. The van der Waals surface area contributed by atoms with Gasteiger partial charge in [-0.15, -0.1) is 0 Å². The van der Waals surface area contributed by atoms with Gasteiger partial charge in [-0.25, -0.2) is 4.98 Å². The molecule has 0 saturated carbocycles. The van der Waals surface area contributed by atoms with Crippen LogP contribution in [0.3, 0.4) is 0 Å². The maximum absolute atomic E-state index is 8.54. The lowest BCUT2D eigenvalue weighted by Gasteiger charge is -1.87. The van der Waals surface area contributed by atoms with Crippen molar-refractivity contribution in [2.45, 2.75) is 0 Å². The number of fused-ring (bicyclic) bond motifs is 1. The summed E-state index contributed by atoms with van der Waals surface area (Å²) < 4.78 is 0.787. The van der Waals surface area contributed by atoms with Gasteiger partial charge in [0.25, 0.3) is 0 Å². The highest BCUT2D eigenvalue weighted by atomic mass is 79.9. The van der Waals surface area contributed by atoms with Crippen molar-refractivity contribution in [3.63, 3.8) is 0 Å². The molecule has 0 saturated heterocycles. The molecule has 5 heteroatoms. The topological polar surface area (TPSA) is 65.4 Å². The molecule has 0 aliphatic rings. The first-order valence-corrected chi connectivity index (χ1v) is 4.01. The van der Waals surface area contributed by atoms with Crippen LogP contribution in [0.2, 0.25) is 0 Å². The van der Waals surface area contributed by atoms with Gasteiger partial charge in [0.05, 0.1) is 5.39 Å². The van der Waals surface area contributed by atoms with Crippen molar-refractivity contribution in [3.8, 4) is 6.07 Å². The number of nitriles is 1. The Bertz CT molecular complexity index is 468. The van der Waals surface area contributed by atoms with Gasteiger partial charge < -0.3 is 0 Å². The fourth-order valence-corrected chi connectivity index (χ4v) is 1.33. The smallest absolute Gasteiger partial charge is 0.183 e. The lowest BCUT2D eigenvalue weighted by Crippen LogP contribution is -1.81. The molecule has 12 heavy (non-hydrogen) atoms. The van der Waals surface area contributed by atoms with Gasteiger partial charge in [0.2, 0.25) is 0 Å². The van der Waals surface area contributed by atoms with Crippen molar-refractivity contribution < 1.29 is 0 Å². The third-order valence-electron chi connectivity index (χ3n) is 1.49. The second-order valence-corrected chi connectivity index (χ2v) is 3.01. The highest BCUT2D eigenvalue weighted by Gasteiger charge is 2.03. The van der Waals surface area contributed by atoms with E-state index in [4.69, 9.17) is 5.26 Å². The number of rotatable bonds is 0. The molecule has 0 aromatic carbocycles. The molecule has 0 aliphatic carbocycles. The molecule has 2 aromatic rings. The minimum atomic E-state index is 0.376. The van der Waals surface area contributed by atoms with E-state index >= 15 is 0 Å². The number of H-pyrrole nitrogens is 1. The summed E-state index contributed by atoms with van der Waals surface area (Å²) >= 11 is 3.27. The quantitative estimate of drug-likeness (QED) is 0.737. The van der Waals surface area contributed by atoms with Gasteiger partial charge in [-0.3, -0.25) is 5.10 Å². The Hall–Kier alpha value is -1.41. The summed E-state index contributed by atoms with van der Waals surface area (Å²) in [6.45, 7) is 0. The maximum atomic E-state index is 8.54. The maximum Gasteiger partial charge on any atom is 0.183 e. The van der Waals surface area contributed by atoms with Gasteiger partial charge >= 0.3 is 0 Å². The Morgan fingerprint density at radius 1 is 1.50 bits per heavy atom. The van der Waals surface area contributed by atoms with Crippen molar-refractivity contribution in [3.05, 3.63) is 22.4 Å². The van der Waals surface area contributed by atoms with E-state index in [2.05, 4.69) is 31.1 Å². The lowest BCUT2D eigenvalue weighted by molar-refractivity contribution is 1.08. The fraction of sp³-hybridized carbons (Fsp3) is 0. The zero-order valence-corrected chi connectivity index (χ0v) is 7.46. The highest BCUT2D eigenvalue weighted by Crippen LogP contribution is 2.18. The van der Waals surface area contributed by atoms with Crippen molar-refractivity contribution in [1.29, 1.82) is 5.26 Å². The van der Waals surface area contributed by atoms with Gasteiger partial charge in [0.15, 0.2) is 5.65 Å². The minimum Gasteiger partial charge on any atom is -0.269 e. The van der Waals surface area contributed by atoms with E-state index in [1.807, 2.05) is 6.07 Å². The molecule has 0 amide bonds. The van der Waals surface area contributed by atoms with Crippen LogP contribution >= 0.6 is 15.9 Å². The summed E-state index contributed by atoms with van der Waals surface area (Å²) in [5, 5.41) is 16.0. The standard InChI is InChI=1S/C7H3BrN4/c8-6-5-2-1-4(3-9)10-7(5)12-11-6/h1-2H,(H,10,11,12). The van der Waals surface area contributed by atoms with Crippen LogP contribution in [-0.2, 0) is 0 Å². The van der Waals surface area contributed by atoms with Gasteiger partial charge in [-0.2, -0.15) is 10.4 Å². The van der Waals surface area contributed by atoms with Crippen LogP contribution in [0, 0.1) is 11.3 Å². The van der Waals surface area contributed by atoms with Gasteiger partial charge in [-0.1, -0.05) is 0 Å². The summed E-state index contributed by atoms with van der Waals surface area (Å²) in [7, 11) is 0. The predicted octanol–water partition coefficient (Wildman–Crippen LogP) is 1.59. The molecule has 0 fully saturated rings. The van der Waals surface area contributed by atoms with E-state index in [1.165, 1.54) is 0 Å². The summed E-state index contributed by atoms with van der Waals surface area (Å²) in [5.74, 6) is 0. The molecule has 0 spiro atoms. The zero-order valence-electron chi connectivity index (χ0n) is 5.87. The number of nitrogens with one attached hydrogen (secondary N) is 1. The predicted molar refractivity (Wildman–Crippen MR) is 46.3 cm³/mol. The Morgan fingerprint density at radius 2 is 2.33 bits per heavy atom. The number of aromatic nitrogens is 3. The van der Waals surface area contributed by atoms with Crippen LogP contribution in [-0.4, -0.2) is 15.2 Å². The number of nitrogens with zero attached hydrogens (tertiary/aromatic N) is 3. The second-order valence-electron chi connectivity index (χ2n) is 2.22. The summed E-state index contributed by atoms with van der Waals surface area (Å²) in [6.07, 6.45) is 0. The second kappa shape index (κ2) is 2.57. The average Bonchev–Trinajstić information content (AvgIpc) is 2.47. The average molecular weight is 223 g/mol. The summed E-state index contributed by atoms with van der Waals surface area (Å²) in [4.78, 5) is 3.98. The first-order chi connectivity index (χ1) is 5.81. The highest BCUT2D eigenvalue weighted by molar-refractivity contribution is 9.10. The Morgan fingerprint density at radius 3 is 3.08 bits per heavy atom. The molecule has 0 radical (unpaired) electrons. The van der Waals surface area contributed by atoms with Crippen molar-refractivity contribution in [1.82, 2.24) is 15.2 Å². The Kier molecular flexibility index (Phi) is 1.55. The Labute approximate surface area is 76.4 Å². The van der Waals surface area contributed by atoms with Crippen LogP contribution in [0.15, 0.2) is 16.7 Å². The van der Waals surface area contributed by atoms with Crippen LogP contribution in [0.5, 0.6) is 0 Å². The zero-order chi connectivity index (χ0) is 8.55. The molecule has 2 aromatic heterocycles. The van der Waals surface area contributed by atoms with Crippen molar-refractivity contribution >= 4 is 27.0 Å². The third kappa shape index (κ3) is 0.970. The molecule has 1 N–H and O–H groups in total. The van der Waals surface area contributed by atoms with E-state index in [1.54, 1.807) is 12.1 Å². The molecule has 2 rings (SSSR count). The van der Waals surface area contributed by atoms with E-state index < -0.39 is 0 Å². The van der Waals surface area contributed by atoms with Gasteiger partial charge in [0.1, 0.15) is 16.4 Å². The molecule has 0 unspecified atom stereocenters. The van der Waals surface area contributed by atoms with Crippen LogP contribution in [0.25, 0.3) is 11.0 Å². The Balaban J connectivity index is 2.80. The van der Waals surface area contributed by atoms with Crippen LogP contribution in [0.1, 0.15) is 5.69 Å². The van der Waals surface area contributed by atoms with E-state index in [0.717, 1.165) is 9.99 Å². The molecular weight excluding hydrogens is 220 g/mol. The van der Waals surface area contributed by atoms with Crippen LogP contribution in [0.4, 0.5) is 0 Å². The molecular formula is C7H3BrN4. The summed E-state index contributed by atoms with van der Waals surface area (Å²) in [6, 6.07) is 5.40. The van der Waals surface area contributed by atoms with Gasteiger partial charge in [0, 0.05) is 0 Å². The normalized spacial score (nSPS) is 10.0. The van der Waals surface area contributed by atoms with E-state index in [-0.39, 0.29) is 0 Å².